The molecule has 1 unspecified atom stereocenters. The van der Waals surface area contributed by atoms with Gasteiger partial charge >= 0.3 is 0 Å². The van der Waals surface area contributed by atoms with Crippen molar-refractivity contribution >= 4 is 83.2 Å². The largest absolute Gasteiger partial charge is 0.494 e. The first-order valence-corrected chi connectivity index (χ1v) is 25.7. The second-order valence-corrected chi connectivity index (χ2v) is 20.8. The fraction of sp³-hybridized carbons (Fsp3) is 0.458. The lowest BCUT2D eigenvalue weighted by Crippen LogP contribution is -2.54. The van der Waals surface area contributed by atoms with Crippen molar-refractivity contribution in [3.8, 4) is 5.75 Å². The summed E-state index contributed by atoms with van der Waals surface area (Å²) in [5.41, 5.74) is 6.48. The lowest BCUT2D eigenvalue weighted by atomic mass is 9.89. The van der Waals surface area contributed by atoms with Crippen LogP contribution in [-0.2, 0) is 19.6 Å². The van der Waals surface area contributed by atoms with E-state index in [0.29, 0.717) is 58.0 Å². The summed E-state index contributed by atoms with van der Waals surface area (Å²) in [7, 11) is -1.85. The number of nitrogens with one attached hydrogen (secondary N) is 4. The molecule has 2 aromatic heterocycles. The minimum absolute atomic E-state index is 0.195. The number of carbonyl (C=O) groups excluding carboxylic acids is 2. The monoisotopic (exact) mass is 981 g/mol. The highest BCUT2D eigenvalue weighted by Crippen LogP contribution is 2.38. The second kappa shape index (κ2) is 19.9. The van der Waals surface area contributed by atoms with Crippen molar-refractivity contribution in [2.24, 2.45) is 0 Å². The van der Waals surface area contributed by atoms with Crippen molar-refractivity contribution in [2.75, 3.05) is 99.7 Å². The summed E-state index contributed by atoms with van der Waals surface area (Å²) >= 11 is 3.56. The lowest BCUT2D eigenvalue weighted by molar-refractivity contribution is -0.133. The van der Waals surface area contributed by atoms with Crippen LogP contribution in [0.2, 0.25) is 0 Å². The zero-order valence-electron chi connectivity index (χ0n) is 37.9. The Morgan fingerprint density at radius 3 is 2.27 bits per heavy atom. The van der Waals surface area contributed by atoms with Gasteiger partial charge in [0.15, 0.2) is 0 Å². The zero-order valence-corrected chi connectivity index (χ0v) is 40.3. The van der Waals surface area contributed by atoms with Crippen molar-refractivity contribution in [3.05, 3.63) is 88.7 Å². The molecular weight excluding hydrogens is 923 g/mol. The predicted molar refractivity (Wildman–Crippen MR) is 264 cm³/mol. The molecule has 4 fully saturated rings. The fourth-order valence-electron chi connectivity index (χ4n) is 10.1. The summed E-state index contributed by atoms with van der Waals surface area (Å²) in [6.07, 6.45) is 9.87. The Kier molecular flexibility index (Phi) is 13.8. The van der Waals surface area contributed by atoms with Crippen LogP contribution in [0.4, 0.5) is 34.5 Å². The molecule has 4 aliphatic rings. The Hall–Kier alpha value is -5.27. The fourth-order valence-corrected chi connectivity index (χ4v) is 11.2. The molecule has 4 saturated heterocycles. The third kappa shape index (κ3) is 10.5. The first kappa shape index (κ1) is 45.9. The molecule has 0 bridgehead atoms. The maximum atomic E-state index is 12.5. The number of hydrogen-bond acceptors (Lipinski definition) is 14. The van der Waals surface area contributed by atoms with E-state index in [0.717, 1.165) is 113 Å². The number of imide groups is 1. The SMILES string of the molecule is COc1cc(N2CCC(N3CCN(CCN4CCC(c5ccc(NC6CCC(=O)NC6=O)cc5)CC4)CC3)CC2)c(C)cc1Nc1ncc(Br)c(Nc2cccc3ccn(S(C)(=O)=O)c23)n1. The van der Waals surface area contributed by atoms with Gasteiger partial charge in [0.05, 0.1) is 34.7 Å². The van der Waals surface area contributed by atoms with Gasteiger partial charge in [0.2, 0.25) is 27.8 Å². The highest BCUT2D eigenvalue weighted by Gasteiger charge is 2.30. The Balaban J connectivity index is 0.721. The second-order valence-electron chi connectivity index (χ2n) is 18.1. The van der Waals surface area contributed by atoms with E-state index >= 15 is 0 Å². The summed E-state index contributed by atoms with van der Waals surface area (Å²) in [5.74, 6) is 1.66. The average molecular weight is 983 g/mol. The van der Waals surface area contributed by atoms with Crippen LogP contribution in [0.25, 0.3) is 10.9 Å². The number of carbonyl (C=O) groups is 2. The number of halogens is 1. The number of ether oxygens (including phenoxy) is 1. The van der Waals surface area contributed by atoms with Gasteiger partial charge in [0.1, 0.15) is 17.6 Å². The molecule has 18 heteroatoms. The number of nitrogens with zero attached hydrogens (tertiary/aromatic N) is 7. The third-order valence-electron chi connectivity index (χ3n) is 13.8. The van der Waals surface area contributed by atoms with Gasteiger partial charge in [-0.1, -0.05) is 24.3 Å². The summed E-state index contributed by atoms with van der Waals surface area (Å²) in [6, 6.07) is 20.3. The first-order chi connectivity index (χ1) is 31.9. The zero-order chi connectivity index (χ0) is 46.0. The number of hydrogen-bond donors (Lipinski definition) is 4. The minimum Gasteiger partial charge on any atom is -0.494 e. The van der Waals surface area contributed by atoms with Crippen LogP contribution in [-0.4, -0.2) is 140 Å². The number of anilines is 6. The van der Waals surface area contributed by atoms with Crippen LogP contribution >= 0.6 is 15.9 Å². The van der Waals surface area contributed by atoms with Gasteiger partial charge in [-0.25, -0.2) is 17.4 Å². The van der Waals surface area contributed by atoms with Crippen LogP contribution in [0.1, 0.15) is 55.6 Å². The van der Waals surface area contributed by atoms with E-state index in [9.17, 15) is 18.0 Å². The van der Waals surface area contributed by atoms with E-state index < -0.39 is 10.0 Å². The highest BCUT2D eigenvalue weighted by atomic mass is 79.9. The molecule has 0 saturated carbocycles. The Labute approximate surface area is 395 Å². The molecule has 0 spiro atoms. The molecule has 9 rings (SSSR count). The van der Waals surface area contributed by atoms with Crippen molar-refractivity contribution in [3.63, 3.8) is 0 Å². The molecule has 4 N–H and O–H groups in total. The Morgan fingerprint density at radius 1 is 0.848 bits per heavy atom. The van der Waals surface area contributed by atoms with E-state index in [4.69, 9.17) is 9.72 Å². The van der Waals surface area contributed by atoms with Crippen LogP contribution < -0.4 is 30.9 Å². The number of piperidine rings is 3. The maximum Gasteiger partial charge on any atom is 0.249 e. The Bertz CT molecular complexity index is 2660. The minimum atomic E-state index is -3.52. The van der Waals surface area contributed by atoms with Crippen molar-refractivity contribution in [1.29, 1.82) is 0 Å². The van der Waals surface area contributed by atoms with Gasteiger partial charge in [0.25, 0.3) is 0 Å². The number of aryl methyl sites for hydroxylation is 1. The van der Waals surface area contributed by atoms with Gasteiger partial charge in [-0.3, -0.25) is 24.7 Å². The molecule has 0 aliphatic carbocycles. The first-order valence-electron chi connectivity index (χ1n) is 23.1. The van der Waals surface area contributed by atoms with E-state index in [-0.39, 0.29) is 17.9 Å². The number of piperazine rings is 1. The molecule has 0 radical (unpaired) electrons. The highest BCUT2D eigenvalue weighted by molar-refractivity contribution is 9.10. The number of likely N-dealkylation sites (tertiary alicyclic amines) is 1. The predicted octanol–water partition coefficient (Wildman–Crippen LogP) is 6.49. The molecule has 2 amide bonds. The number of amides is 2. The molecule has 4 aliphatic heterocycles. The normalized spacial score (nSPS) is 19.8. The number of fused-ring (bicyclic) bond motifs is 1. The number of benzene rings is 3. The molecule has 3 aromatic carbocycles. The molecule has 16 nitrogen and oxygen atoms in total. The van der Waals surface area contributed by atoms with Crippen molar-refractivity contribution in [2.45, 2.75) is 63.5 Å². The van der Waals surface area contributed by atoms with Crippen LogP contribution in [0, 0.1) is 6.92 Å². The quantitative estimate of drug-likeness (QED) is 0.0892. The average Bonchev–Trinajstić information content (AvgIpc) is 3.78. The number of methoxy groups -OCH3 is 1. The summed E-state index contributed by atoms with van der Waals surface area (Å²) < 4.78 is 32.9. The van der Waals surface area contributed by atoms with E-state index in [1.54, 1.807) is 25.6 Å². The summed E-state index contributed by atoms with van der Waals surface area (Å²) in [5, 5.41) is 13.2. The van der Waals surface area contributed by atoms with Gasteiger partial charge < -0.3 is 30.5 Å². The smallest absolute Gasteiger partial charge is 0.249 e. The molecule has 6 heterocycles. The van der Waals surface area contributed by atoms with Gasteiger partial charge in [-0.2, -0.15) is 4.98 Å². The van der Waals surface area contributed by atoms with Crippen LogP contribution in [0.5, 0.6) is 5.75 Å². The number of aromatic nitrogens is 3. The number of para-hydroxylation sites is 1. The van der Waals surface area contributed by atoms with E-state index in [2.05, 4.69) is 105 Å². The van der Waals surface area contributed by atoms with Gasteiger partial charge in [-0.05, 0) is 115 Å². The van der Waals surface area contributed by atoms with Gasteiger partial charge in [-0.15, -0.1) is 0 Å². The molecule has 5 aromatic rings. The van der Waals surface area contributed by atoms with Crippen LogP contribution in [0.15, 0.2) is 77.5 Å². The molecule has 350 valence electrons. The summed E-state index contributed by atoms with van der Waals surface area (Å²) in [6.45, 7) is 13.1. The van der Waals surface area contributed by atoms with Crippen molar-refractivity contribution in [1.82, 2.24) is 34.0 Å². The standard InChI is InChI=1S/C48H60BrN11O5S/c1-32-29-41(53-48-50-31-38(49)46(55-48)52-39-6-4-5-35-15-22-60(45(35)39)66(3,63)64)43(65-2)30-42(32)59-20-16-37(17-21-59)58-27-25-57(26-28-58)24-23-56-18-13-34(14-19-56)33-7-9-36(10-8-33)51-40-11-12-44(61)54-47(40)62/h4-10,15,22,29-31,34,37,40,51H,11-14,16-21,23-28H2,1-3H3,(H,54,61,62)(H2,50,52,53,55). The maximum absolute atomic E-state index is 12.5. The number of rotatable bonds is 14. The van der Waals surface area contributed by atoms with Gasteiger partial charge in [0, 0.05) is 100 Å². The molecular formula is C48H60BrN11O5S. The Morgan fingerprint density at radius 2 is 1.58 bits per heavy atom. The van der Waals surface area contributed by atoms with E-state index in [1.165, 1.54) is 21.5 Å². The lowest BCUT2D eigenvalue weighted by Gasteiger charge is -2.44. The van der Waals surface area contributed by atoms with Crippen LogP contribution in [0.3, 0.4) is 0 Å². The third-order valence-corrected chi connectivity index (χ3v) is 15.4. The van der Waals surface area contributed by atoms with E-state index in [1.807, 2.05) is 18.2 Å². The topological polar surface area (TPSA) is 169 Å². The molecule has 1 atom stereocenters. The van der Waals surface area contributed by atoms with Crippen molar-refractivity contribution < 1.29 is 22.7 Å². The summed E-state index contributed by atoms with van der Waals surface area (Å²) in [4.78, 5) is 43.4. The molecule has 66 heavy (non-hydrogen) atoms.